The van der Waals surface area contributed by atoms with E-state index in [0.717, 1.165) is 0 Å². The molecule has 4 nitrogen and oxygen atoms in total. The summed E-state index contributed by atoms with van der Waals surface area (Å²) in [6.07, 6.45) is -1.59. The average molecular weight is 270 g/mol. The molecule has 78 valence electrons. The zero-order valence-electron chi connectivity index (χ0n) is 7.64. The van der Waals surface area contributed by atoms with Crippen LogP contribution >= 0.6 is 15.9 Å². The molecule has 1 unspecified atom stereocenters. The van der Waals surface area contributed by atoms with Gasteiger partial charge in [0.25, 0.3) is 0 Å². The van der Waals surface area contributed by atoms with Crippen LogP contribution in [0, 0.1) is 11.3 Å². The van der Waals surface area contributed by atoms with E-state index < -0.39 is 12.1 Å². The van der Waals surface area contributed by atoms with Gasteiger partial charge in [0.05, 0.1) is 11.6 Å². The third-order valence-electron chi connectivity index (χ3n) is 1.95. The van der Waals surface area contributed by atoms with Crippen molar-refractivity contribution in [1.82, 2.24) is 0 Å². The number of hydrogen-bond donors (Lipinski definition) is 2. The first-order valence-electron chi connectivity index (χ1n) is 4.10. The fourth-order valence-electron chi connectivity index (χ4n) is 1.17. The van der Waals surface area contributed by atoms with Gasteiger partial charge in [-0.05, 0) is 23.3 Å². The smallest absolute Gasteiger partial charge is 0.337 e. The summed E-state index contributed by atoms with van der Waals surface area (Å²) in [7, 11) is 0. The molecule has 0 amide bonds. The fourth-order valence-corrected chi connectivity index (χ4v) is 1.68. The van der Waals surface area contributed by atoms with Crippen molar-refractivity contribution in [2.45, 2.75) is 11.4 Å². The first-order chi connectivity index (χ1) is 7.10. The number of aliphatic carboxylic acids is 1. The van der Waals surface area contributed by atoms with E-state index in [1.165, 1.54) is 6.07 Å². The van der Waals surface area contributed by atoms with Gasteiger partial charge in [0.15, 0.2) is 6.10 Å². The molecule has 0 aromatic heterocycles. The van der Waals surface area contributed by atoms with Crippen LogP contribution in [0.25, 0.3) is 0 Å². The van der Waals surface area contributed by atoms with E-state index in [1.54, 1.807) is 12.1 Å². The predicted octanol–water partition coefficient (Wildman–Crippen LogP) is 1.57. The SMILES string of the molecule is N#Cc1ccc(CBr)c(C(O)C(=O)O)c1. The van der Waals surface area contributed by atoms with E-state index in [0.29, 0.717) is 16.5 Å². The van der Waals surface area contributed by atoms with Crippen molar-refractivity contribution in [3.05, 3.63) is 34.9 Å². The second-order valence-corrected chi connectivity index (χ2v) is 3.46. The molecule has 0 aliphatic carbocycles. The molecule has 0 radical (unpaired) electrons. The molecule has 0 fully saturated rings. The largest absolute Gasteiger partial charge is 0.479 e. The molecule has 0 bridgehead atoms. The van der Waals surface area contributed by atoms with E-state index in [4.69, 9.17) is 10.4 Å². The van der Waals surface area contributed by atoms with Gasteiger partial charge in [-0.3, -0.25) is 0 Å². The summed E-state index contributed by atoms with van der Waals surface area (Å²) in [6, 6.07) is 6.48. The molecular weight excluding hydrogens is 262 g/mol. The van der Waals surface area contributed by atoms with Crippen LogP contribution in [0.5, 0.6) is 0 Å². The van der Waals surface area contributed by atoms with Crippen LogP contribution in [0.2, 0.25) is 0 Å². The number of aliphatic hydroxyl groups is 1. The van der Waals surface area contributed by atoms with Crippen molar-refractivity contribution in [1.29, 1.82) is 5.26 Å². The molecule has 0 saturated heterocycles. The van der Waals surface area contributed by atoms with Crippen LogP contribution in [-0.4, -0.2) is 16.2 Å². The molecule has 5 heteroatoms. The van der Waals surface area contributed by atoms with Crippen LogP contribution < -0.4 is 0 Å². The van der Waals surface area contributed by atoms with Crippen LogP contribution in [0.1, 0.15) is 22.8 Å². The fraction of sp³-hybridized carbons (Fsp3) is 0.200. The molecule has 2 N–H and O–H groups in total. The second kappa shape index (κ2) is 4.91. The van der Waals surface area contributed by atoms with E-state index in [-0.39, 0.29) is 5.56 Å². The van der Waals surface area contributed by atoms with Crippen LogP contribution in [-0.2, 0) is 10.1 Å². The van der Waals surface area contributed by atoms with Crippen LogP contribution in [0.15, 0.2) is 18.2 Å². The lowest BCUT2D eigenvalue weighted by molar-refractivity contribution is -0.147. The molecule has 1 atom stereocenters. The number of rotatable bonds is 3. The summed E-state index contributed by atoms with van der Waals surface area (Å²) in [5.41, 5.74) is 1.23. The molecule has 15 heavy (non-hydrogen) atoms. The van der Waals surface area contributed by atoms with E-state index in [1.807, 2.05) is 6.07 Å². The van der Waals surface area contributed by atoms with Gasteiger partial charge in [-0.15, -0.1) is 0 Å². The number of benzene rings is 1. The van der Waals surface area contributed by atoms with Gasteiger partial charge in [-0.1, -0.05) is 22.0 Å². The number of nitrogens with zero attached hydrogens (tertiary/aromatic N) is 1. The van der Waals surface area contributed by atoms with Crippen molar-refractivity contribution in [3.63, 3.8) is 0 Å². The number of nitriles is 1. The van der Waals surface area contributed by atoms with Gasteiger partial charge >= 0.3 is 5.97 Å². The molecule has 0 heterocycles. The Kier molecular flexibility index (Phi) is 3.83. The van der Waals surface area contributed by atoms with Gasteiger partial charge in [0, 0.05) is 5.33 Å². The highest BCUT2D eigenvalue weighted by Gasteiger charge is 2.19. The topological polar surface area (TPSA) is 81.3 Å². The Morgan fingerprint density at radius 1 is 1.60 bits per heavy atom. The molecule has 0 aliphatic rings. The lowest BCUT2D eigenvalue weighted by atomic mass is 10.0. The molecule has 0 spiro atoms. The summed E-state index contributed by atoms with van der Waals surface area (Å²) in [4.78, 5) is 10.6. The Morgan fingerprint density at radius 3 is 2.73 bits per heavy atom. The summed E-state index contributed by atoms with van der Waals surface area (Å²) in [6.45, 7) is 0. The number of halogens is 1. The number of carbonyl (C=O) groups is 1. The van der Waals surface area contributed by atoms with Crippen molar-refractivity contribution in [2.24, 2.45) is 0 Å². The third kappa shape index (κ3) is 2.55. The summed E-state index contributed by atoms with van der Waals surface area (Å²) < 4.78 is 0. The molecule has 0 saturated carbocycles. The third-order valence-corrected chi connectivity index (χ3v) is 2.55. The van der Waals surface area contributed by atoms with Crippen LogP contribution in [0.3, 0.4) is 0 Å². The van der Waals surface area contributed by atoms with Crippen molar-refractivity contribution in [2.75, 3.05) is 0 Å². The zero-order valence-corrected chi connectivity index (χ0v) is 9.23. The van der Waals surface area contributed by atoms with Gasteiger partial charge in [-0.25, -0.2) is 4.79 Å². The molecule has 1 aromatic carbocycles. The first-order valence-corrected chi connectivity index (χ1v) is 5.22. The minimum Gasteiger partial charge on any atom is -0.479 e. The normalized spacial score (nSPS) is 11.8. The quantitative estimate of drug-likeness (QED) is 0.817. The van der Waals surface area contributed by atoms with Crippen molar-refractivity contribution in [3.8, 4) is 6.07 Å². The average Bonchev–Trinajstić information content (AvgIpc) is 2.27. The predicted molar refractivity (Wildman–Crippen MR) is 56.4 cm³/mol. The lowest BCUT2D eigenvalue weighted by Gasteiger charge is -2.10. The maximum Gasteiger partial charge on any atom is 0.337 e. The number of alkyl halides is 1. The zero-order chi connectivity index (χ0) is 11.4. The van der Waals surface area contributed by atoms with Crippen LogP contribution in [0.4, 0.5) is 0 Å². The Hall–Kier alpha value is -1.38. The standard InChI is InChI=1S/C10H8BrNO3/c11-4-7-2-1-6(5-12)3-8(7)9(13)10(14)15/h1-3,9,13H,4H2,(H,14,15). The molecular formula is C10H8BrNO3. The Morgan fingerprint density at radius 2 is 2.27 bits per heavy atom. The van der Waals surface area contributed by atoms with E-state index in [9.17, 15) is 9.90 Å². The van der Waals surface area contributed by atoms with Crippen molar-refractivity contribution < 1.29 is 15.0 Å². The summed E-state index contributed by atoms with van der Waals surface area (Å²) >= 11 is 3.19. The van der Waals surface area contributed by atoms with Gasteiger partial charge in [0.1, 0.15) is 0 Å². The maximum atomic E-state index is 10.6. The minimum absolute atomic E-state index is 0.249. The Bertz CT molecular complexity index is 425. The van der Waals surface area contributed by atoms with E-state index >= 15 is 0 Å². The van der Waals surface area contributed by atoms with Gasteiger partial charge in [0.2, 0.25) is 0 Å². The second-order valence-electron chi connectivity index (χ2n) is 2.90. The number of hydrogen-bond acceptors (Lipinski definition) is 3. The summed E-state index contributed by atoms with van der Waals surface area (Å²) in [5, 5.41) is 27.2. The summed E-state index contributed by atoms with van der Waals surface area (Å²) in [5.74, 6) is -1.33. The molecule has 0 aliphatic heterocycles. The highest BCUT2D eigenvalue weighted by molar-refractivity contribution is 9.08. The molecule has 1 rings (SSSR count). The highest BCUT2D eigenvalue weighted by atomic mass is 79.9. The number of aliphatic hydroxyl groups excluding tert-OH is 1. The van der Waals surface area contributed by atoms with E-state index in [2.05, 4.69) is 15.9 Å². The number of carboxylic acid groups (broad SMARTS) is 1. The van der Waals surface area contributed by atoms with Gasteiger partial charge in [-0.2, -0.15) is 5.26 Å². The molecule has 1 aromatic rings. The Labute approximate surface area is 94.9 Å². The minimum atomic E-state index is -1.59. The first kappa shape index (κ1) is 11.7. The maximum absolute atomic E-state index is 10.6. The highest BCUT2D eigenvalue weighted by Crippen LogP contribution is 2.22. The van der Waals surface area contributed by atoms with Gasteiger partial charge < -0.3 is 10.2 Å². The monoisotopic (exact) mass is 269 g/mol. The number of carboxylic acids is 1. The van der Waals surface area contributed by atoms with Crippen molar-refractivity contribution >= 4 is 21.9 Å². The Balaban J connectivity index is 3.24. The lowest BCUT2D eigenvalue weighted by Crippen LogP contribution is -2.12.